The molecule has 8 heteroatoms. The van der Waals surface area contributed by atoms with E-state index in [0.717, 1.165) is 12.8 Å². The molecule has 1 aromatic rings. The van der Waals surface area contributed by atoms with Crippen LogP contribution in [0.1, 0.15) is 36.0 Å². The molecule has 0 radical (unpaired) electrons. The van der Waals surface area contributed by atoms with Crippen LogP contribution >= 0.6 is 0 Å². The first-order valence-electron chi connectivity index (χ1n) is 10.8. The van der Waals surface area contributed by atoms with Crippen molar-refractivity contribution in [2.24, 2.45) is 5.92 Å². The van der Waals surface area contributed by atoms with Crippen molar-refractivity contribution in [3.63, 3.8) is 0 Å². The molecule has 1 aromatic carbocycles. The van der Waals surface area contributed by atoms with Gasteiger partial charge in [-0.05, 0) is 43.9 Å². The monoisotopic (exact) mass is 415 g/mol. The summed E-state index contributed by atoms with van der Waals surface area (Å²) in [7, 11) is 0. The van der Waals surface area contributed by atoms with Gasteiger partial charge in [0, 0.05) is 50.0 Å². The number of benzene rings is 1. The van der Waals surface area contributed by atoms with E-state index in [4.69, 9.17) is 9.47 Å². The minimum atomic E-state index is -0.410. The van der Waals surface area contributed by atoms with Crippen molar-refractivity contribution in [2.75, 3.05) is 51.3 Å². The van der Waals surface area contributed by atoms with Crippen LogP contribution in [0.5, 0.6) is 0 Å². The molecular weight excluding hydrogens is 386 g/mol. The van der Waals surface area contributed by atoms with Crippen molar-refractivity contribution in [1.29, 1.82) is 0 Å². The highest BCUT2D eigenvalue weighted by atomic mass is 16.5. The van der Waals surface area contributed by atoms with Crippen LogP contribution < -0.4 is 5.32 Å². The second-order valence-corrected chi connectivity index (χ2v) is 8.08. The Morgan fingerprint density at radius 1 is 0.933 bits per heavy atom. The van der Waals surface area contributed by atoms with Crippen molar-refractivity contribution < 1.29 is 23.9 Å². The molecule has 3 amide bonds. The number of likely N-dealkylation sites (tertiary alicyclic amines) is 1. The van der Waals surface area contributed by atoms with Gasteiger partial charge in [0.2, 0.25) is 5.91 Å². The second kappa shape index (κ2) is 9.57. The number of carbonyl (C=O) groups is 3. The zero-order chi connectivity index (χ0) is 20.9. The topological polar surface area (TPSA) is 88.2 Å². The van der Waals surface area contributed by atoms with Gasteiger partial charge < -0.3 is 24.6 Å². The van der Waals surface area contributed by atoms with Gasteiger partial charge in [-0.2, -0.15) is 0 Å². The van der Waals surface area contributed by atoms with Crippen LogP contribution in [0, 0.1) is 5.92 Å². The van der Waals surface area contributed by atoms with Crippen LogP contribution in [0.15, 0.2) is 24.3 Å². The average Bonchev–Trinajstić information content (AvgIpc) is 3.34. The van der Waals surface area contributed by atoms with Crippen LogP contribution in [-0.2, 0) is 19.1 Å². The lowest BCUT2D eigenvalue weighted by Gasteiger charge is -2.35. The Hall–Kier alpha value is -2.45. The lowest BCUT2D eigenvalue weighted by molar-refractivity contribution is -0.141. The number of piperidine rings is 1. The van der Waals surface area contributed by atoms with Gasteiger partial charge in [0.25, 0.3) is 11.8 Å². The zero-order valence-electron chi connectivity index (χ0n) is 17.2. The van der Waals surface area contributed by atoms with E-state index >= 15 is 0 Å². The second-order valence-electron chi connectivity index (χ2n) is 8.08. The summed E-state index contributed by atoms with van der Waals surface area (Å²) < 4.78 is 10.7. The largest absolute Gasteiger partial charge is 0.378 e. The maximum absolute atomic E-state index is 12.9. The number of carbonyl (C=O) groups excluding carboxylic acids is 3. The van der Waals surface area contributed by atoms with E-state index in [9.17, 15) is 14.4 Å². The Balaban J connectivity index is 1.31. The molecule has 0 saturated carbocycles. The van der Waals surface area contributed by atoms with Gasteiger partial charge in [0.15, 0.2) is 0 Å². The number of ether oxygens (including phenoxy) is 2. The lowest BCUT2D eigenvalue weighted by Crippen LogP contribution is -2.47. The van der Waals surface area contributed by atoms with Gasteiger partial charge in [-0.15, -0.1) is 0 Å². The van der Waals surface area contributed by atoms with Gasteiger partial charge in [-0.1, -0.05) is 6.07 Å². The Labute approximate surface area is 176 Å². The summed E-state index contributed by atoms with van der Waals surface area (Å²) in [6.45, 7) is 4.25. The summed E-state index contributed by atoms with van der Waals surface area (Å²) in [5.74, 6) is -0.0755. The molecule has 3 fully saturated rings. The third-order valence-corrected chi connectivity index (χ3v) is 6.05. The van der Waals surface area contributed by atoms with E-state index in [0.29, 0.717) is 70.1 Å². The standard InChI is InChI=1S/C22H29N3O5/c26-20(19-5-2-12-30-19)23-18-4-1-3-17(15-18)22(28)24-8-6-16(7-9-24)21(27)25-10-13-29-14-11-25/h1,3-4,15-16,19H,2,5-14H2,(H,23,26). The number of hydrogen-bond acceptors (Lipinski definition) is 5. The van der Waals surface area contributed by atoms with E-state index < -0.39 is 6.10 Å². The van der Waals surface area contributed by atoms with E-state index in [1.165, 1.54) is 0 Å². The minimum Gasteiger partial charge on any atom is -0.378 e. The molecular formula is C22H29N3O5. The van der Waals surface area contributed by atoms with Crippen LogP contribution in [0.2, 0.25) is 0 Å². The Morgan fingerprint density at radius 2 is 1.70 bits per heavy atom. The van der Waals surface area contributed by atoms with E-state index in [-0.39, 0.29) is 23.6 Å². The van der Waals surface area contributed by atoms with E-state index in [1.807, 2.05) is 4.90 Å². The van der Waals surface area contributed by atoms with Crippen molar-refractivity contribution >= 4 is 23.4 Å². The maximum Gasteiger partial charge on any atom is 0.253 e. The van der Waals surface area contributed by atoms with Crippen LogP contribution in [0.25, 0.3) is 0 Å². The number of morpholine rings is 1. The highest BCUT2D eigenvalue weighted by molar-refractivity contribution is 5.98. The van der Waals surface area contributed by atoms with Crippen molar-refractivity contribution in [2.45, 2.75) is 31.8 Å². The molecule has 8 nitrogen and oxygen atoms in total. The average molecular weight is 415 g/mol. The molecule has 1 unspecified atom stereocenters. The van der Waals surface area contributed by atoms with Crippen LogP contribution in [0.3, 0.4) is 0 Å². The summed E-state index contributed by atoms with van der Waals surface area (Å²) in [5.41, 5.74) is 1.14. The van der Waals surface area contributed by atoms with Crippen LogP contribution in [-0.4, -0.2) is 79.6 Å². The SMILES string of the molecule is O=C(Nc1cccc(C(=O)N2CCC(C(=O)N3CCOCC3)CC2)c1)C1CCCO1. The number of hydrogen-bond donors (Lipinski definition) is 1. The molecule has 30 heavy (non-hydrogen) atoms. The molecule has 162 valence electrons. The molecule has 0 spiro atoms. The fourth-order valence-corrected chi connectivity index (χ4v) is 4.29. The number of nitrogens with zero attached hydrogens (tertiary/aromatic N) is 2. The quantitative estimate of drug-likeness (QED) is 0.806. The van der Waals surface area contributed by atoms with Gasteiger partial charge in [-0.3, -0.25) is 14.4 Å². The Morgan fingerprint density at radius 3 is 2.40 bits per heavy atom. The highest BCUT2D eigenvalue weighted by Gasteiger charge is 2.31. The number of anilines is 1. The molecule has 1 N–H and O–H groups in total. The molecule has 3 saturated heterocycles. The molecule has 3 aliphatic rings. The number of amides is 3. The van der Waals surface area contributed by atoms with Crippen molar-refractivity contribution in [3.05, 3.63) is 29.8 Å². The third kappa shape index (κ3) is 4.82. The summed E-state index contributed by atoms with van der Waals surface area (Å²) in [6.07, 6.45) is 2.56. The van der Waals surface area contributed by atoms with Crippen LogP contribution in [0.4, 0.5) is 5.69 Å². The molecule has 0 bridgehead atoms. The zero-order valence-corrected chi connectivity index (χ0v) is 17.2. The van der Waals surface area contributed by atoms with Crippen molar-refractivity contribution in [1.82, 2.24) is 9.80 Å². The summed E-state index contributed by atoms with van der Waals surface area (Å²) in [6, 6.07) is 7.01. The predicted octanol–water partition coefficient (Wildman–Crippen LogP) is 1.52. The fraction of sp³-hybridized carbons (Fsp3) is 0.591. The number of rotatable bonds is 4. The van der Waals surface area contributed by atoms with Gasteiger partial charge in [-0.25, -0.2) is 0 Å². The third-order valence-electron chi connectivity index (χ3n) is 6.05. The highest BCUT2D eigenvalue weighted by Crippen LogP contribution is 2.23. The van der Waals surface area contributed by atoms with Crippen molar-refractivity contribution in [3.8, 4) is 0 Å². The number of nitrogens with one attached hydrogen (secondary N) is 1. The Kier molecular flexibility index (Phi) is 6.64. The van der Waals surface area contributed by atoms with E-state index in [2.05, 4.69) is 5.32 Å². The maximum atomic E-state index is 12.9. The molecule has 3 aliphatic heterocycles. The van der Waals surface area contributed by atoms with E-state index in [1.54, 1.807) is 29.2 Å². The fourth-order valence-electron chi connectivity index (χ4n) is 4.29. The first kappa shape index (κ1) is 20.8. The summed E-state index contributed by atoms with van der Waals surface area (Å²) >= 11 is 0. The Bertz CT molecular complexity index is 779. The first-order valence-corrected chi connectivity index (χ1v) is 10.8. The summed E-state index contributed by atoms with van der Waals surface area (Å²) in [5, 5.41) is 2.85. The van der Waals surface area contributed by atoms with Gasteiger partial charge in [0.1, 0.15) is 6.10 Å². The molecule has 0 aliphatic carbocycles. The van der Waals surface area contributed by atoms with Gasteiger partial charge in [0.05, 0.1) is 13.2 Å². The molecule has 4 rings (SSSR count). The molecule has 1 atom stereocenters. The smallest absolute Gasteiger partial charge is 0.253 e. The molecule has 0 aromatic heterocycles. The lowest BCUT2D eigenvalue weighted by atomic mass is 9.94. The normalized spacial score (nSPS) is 22.7. The first-order chi connectivity index (χ1) is 14.6. The summed E-state index contributed by atoms with van der Waals surface area (Å²) in [4.78, 5) is 41.6. The predicted molar refractivity (Wildman–Crippen MR) is 110 cm³/mol. The minimum absolute atomic E-state index is 0.0239. The molecule has 3 heterocycles. The van der Waals surface area contributed by atoms with Gasteiger partial charge >= 0.3 is 0 Å².